The fraction of sp³-hybridized carbons (Fsp3) is 0.500. The van der Waals surface area contributed by atoms with Crippen LogP contribution < -0.4 is 5.73 Å². The molecule has 2 nitrogen and oxygen atoms in total. The molecular formula is C14H15Cl2NO. The Kier molecular flexibility index (Phi) is 3.03. The van der Waals surface area contributed by atoms with Crippen molar-refractivity contribution in [1.82, 2.24) is 0 Å². The molecule has 1 aromatic carbocycles. The Morgan fingerprint density at radius 1 is 1.17 bits per heavy atom. The highest BCUT2D eigenvalue weighted by molar-refractivity contribution is 6.42. The van der Waals surface area contributed by atoms with Crippen molar-refractivity contribution < 1.29 is 4.79 Å². The standard InChI is InChI=1S/C14H15Cl2NO/c15-10-4-3-9(6-11(10)16)12-7-1-2-8(5-7)13(12)14(17)18/h3-4,6-8,12-13H,1-2,5H2,(H2,17,18)/t7-,8+,12+,13-/m0/s1. The Morgan fingerprint density at radius 2 is 1.89 bits per heavy atom. The first kappa shape index (κ1) is 12.3. The van der Waals surface area contributed by atoms with Gasteiger partial charge in [0.2, 0.25) is 5.91 Å². The predicted molar refractivity (Wildman–Crippen MR) is 72.7 cm³/mol. The van der Waals surface area contributed by atoms with E-state index in [1.54, 1.807) is 0 Å². The summed E-state index contributed by atoms with van der Waals surface area (Å²) < 4.78 is 0. The molecule has 96 valence electrons. The summed E-state index contributed by atoms with van der Waals surface area (Å²) in [5.41, 5.74) is 6.69. The van der Waals surface area contributed by atoms with Crippen LogP contribution in [0.3, 0.4) is 0 Å². The number of rotatable bonds is 2. The summed E-state index contributed by atoms with van der Waals surface area (Å²) in [6, 6.07) is 5.68. The Balaban J connectivity index is 1.99. The molecule has 0 heterocycles. The number of benzene rings is 1. The molecule has 0 unspecified atom stereocenters. The van der Waals surface area contributed by atoms with Crippen molar-refractivity contribution >= 4 is 29.1 Å². The number of nitrogens with two attached hydrogens (primary N) is 1. The lowest BCUT2D eigenvalue weighted by atomic mass is 9.75. The lowest BCUT2D eigenvalue weighted by Crippen LogP contribution is -2.33. The summed E-state index contributed by atoms with van der Waals surface area (Å²) in [6.45, 7) is 0. The number of amides is 1. The first-order valence-electron chi connectivity index (χ1n) is 6.32. The summed E-state index contributed by atoms with van der Waals surface area (Å²) in [5.74, 6) is 1.08. The second kappa shape index (κ2) is 4.43. The Bertz CT molecular complexity index is 503. The molecule has 2 N–H and O–H groups in total. The maximum atomic E-state index is 11.7. The van der Waals surface area contributed by atoms with Gasteiger partial charge in [0, 0.05) is 5.92 Å². The molecule has 2 saturated carbocycles. The van der Waals surface area contributed by atoms with Crippen molar-refractivity contribution in [2.45, 2.75) is 25.2 Å². The molecule has 2 aliphatic rings. The monoisotopic (exact) mass is 283 g/mol. The number of hydrogen-bond acceptors (Lipinski definition) is 1. The highest BCUT2D eigenvalue weighted by atomic mass is 35.5. The molecule has 1 aromatic rings. The van der Waals surface area contributed by atoms with E-state index in [2.05, 4.69) is 0 Å². The third-order valence-corrected chi connectivity index (χ3v) is 5.31. The van der Waals surface area contributed by atoms with Crippen molar-refractivity contribution in [3.8, 4) is 0 Å². The van der Waals surface area contributed by atoms with Gasteiger partial charge in [-0.2, -0.15) is 0 Å². The second-order valence-corrected chi connectivity index (χ2v) is 6.28. The summed E-state index contributed by atoms with van der Waals surface area (Å²) >= 11 is 12.0. The minimum absolute atomic E-state index is 0.0269. The zero-order valence-corrected chi connectivity index (χ0v) is 11.4. The largest absolute Gasteiger partial charge is 0.369 e. The van der Waals surface area contributed by atoms with Gasteiger partial charge in [-0.25, -0.2) is 0 Å². The Hall–Kier alpha value is -0.730. The van der Waals surface area contributed by atoms with Gasteiger partial charge in [0.1, 0.15) is 0 Å². The van der Waals surface area contributed by atoms with Crippen molar-refractivity contribution in [3.63, 3.8) is 0 Å². The van der Waals surface area contributed by atoms with E-state index in [1.165, 1.54) is 6.42 Å². The van der Waals surface area contributed by atoms with Crippen molar-refractivity contribution in [1.29, 1.82) is 0 Å². The first-order valence-corrected chi connectivity index (χ1v) is 7.08. The highest BCUT2D eigenvalue weighted by Crippen LogP contribution is 2.56. The van der Waals surface area contributed by atoms with Crippen LogP contribution in [0.15, 0.2) is 18.2 Å². The van der Waals surface area contributed by atoms with E-state index in [0.717, 1.165) is 18.4 Å². The van der Waals surface area contributed by atoms with E-state index in [0.29, 0.717) is 21.9 Å². The first-order chi connectivity index (χ1) is 8.58. The number of carbonyl (C=O) groups is 1. The molecule has 3 rings (SSSR count). The van der Waals surface area contributed by atoms with Crippen molar-refractivity contribution in [2.75, 3.05) is 0 Å². The van der Waals surface area contributed by atoms with Crippen LogP contribution in [0.4, 0.5) is 0 Å². The van der Waals surface area contributed by atoms with E-state index < -0.39 is 0 Å². The quantitative estimate of drug-likeness (QED) is 0.885. The van der Waals surface area contributed by atoms with Gasteiger partial charge in [-0.15, -0.1) is 0 Å². The van der Waals surface area contributed by atoms with Crippen molar-refractivity contribution in [2.24, 2.45) is 23.5 Å². The molecule has 2 aliphatic carbocycles. The number of fused-ring (bicyclic) bond motifs is 2. The van der Waals surface area contributed by atoms with Crippen LogP contribution >= 0.6 is 23.2 Å². The number of carbonyl (C=O) groups excluding carboxylic acids is 1. The van der Waals surface area contributed by atoms with Gasteiger partial charge in [0.15, 0.2) is 0 Å². The lowest BCUT2D eigenvalue weighted by molar-refractivity contribution is -0.123. The van der Waals surface area contributed by atoms with Crippen molar-refractivity contribution in [3.05, 3.63) is 33.8 Å². The van der Waals surface area contributed by atoms with Crippen LogP contribution in [0, 0.1) is 17.8 Å². The number of hydrogen-bond donors (Lipinski definition) is 1. The van der Waals surface area contributed by atoms with Gasteiger partial charge in [-0.1, -0.05) is 29.3 Å². The third-order valence-electron chi connectivity index (χ3n) is 4.57. The minimum atomic E-state index is -0.168. The minimum Gasteiger partial charge on any atom is -0.369 e. The van der Waals surface area contributed by atoms with E-state index in [-0.39, 0.29) is 17.7 Å². The molecule has 0 spiro atoms. The molecule has 0 aromatic heterocycles. The molecule has 1 amide bonds. The summed E-state index contributed by atoms with van der Waals surface area (Å²) in [5, 5.41) is 1.11. The lowest BCUT2D eigenvalue weighted by Gasteiger charge is -2.29. The predicted octanol–water partition coefficient (Wildman–Crippen LogP) is 3.61. The molecule has 0 saturated heterocycles. The fourth-order valence-electron chi connectivity index (χ4n) is 3.90. The molecule has 0 aliphatic heterocycles. The van der Waals surface area contributed by atoms with Crippen LogP contribution in [0.5, 0.6) is 0 Å². The number of halogens is 2. The molecule has 2 bridgehead atoms. The number of primary amides is 1. The normalized spacial score (nSPS) is 33.9. The molecule has 0 radical (unpaired) electrons. The second-order valence-electron chi connectivity index (χ2n) is 5.46. The smallest absolute Gasteiger partial charge is 0.221 e. The van der Waals surface area contributed by atoms with Crippen LogP contribution in [-0.4, -0.2) is 5.91 Å². The van der Waals surface area contributed by atoms with E-state index in [4.69, 9.17) is 28.9 Å². The van der Waals surface area contributed by atoms with Crippen LogP contribution in [-0.2, 0) is 4.79 Å². The Labute approximate surface area is 116 Å². The van der Waals surface area contributed by atoms with E-state index in [1.807, 2.05) is 18.2 Å². The molecule has 4 atom stereocenters. The summed E-state index contributed by atoms with van der Waals surface area (Å²) in [4.78, 5) is 11.7. The average molecular weight is 284 g/mol. The SMILES string of the molecule is NC(=O)[C@H]1[C@@H]2CC[C@@H](C2)[C@@H]1c1ccc(Cl)c(Cl)c1. The van der Waals surface area contributed by atoms with Gasteiger partial charge in [0.25, 0.3) is 0 Å². The van der Waals surface area contributed by atoms with E-state index >= 15 is 0 Å². The molecule has 18 heavy (non-hydrogen) atoms. The zero-order valence-electron chi connectivity index (χ0n) is 9.90. The van der Waals surface area contributed by atoms with Gasteiger partial charge in [0.05, 0.1) is 10.0 Å². The zero-order chi connectivity index (χ0) is 12.9. The topological polar surface area (TPSA) is 43.1 Å². The highest BCUT2D eigenvalue weighted by Gasteiger charge is 2.50. The summed E-state index contributed by atoms with van der Waals surface area (Å²) in [7, 11) is 0. The van der Waals surface area contributed by atoms with Gasteiger partial charge >= 0.3 is 0 Å². The summed E-state index contributed by atoms with van der Waals surface area (Å²) in [6.07, 6.45) is 3.45. The molecular weight excluding hydrogens is 269 g/mol. The maximum Gasteiger partial charge on any atom is 0.221 e. The van der Waals surface area contributed by atoms with Gasteiger partial charge < -0.3 is 5.73 Å². The molecule has 4 heteroatoms. The van der Waals surface area contributed by atoms with Crippen LogP contribution in [0.25, 0.3) is 0 Å². The fourth-order valence-corrected chi connectivity index (χ4v) is 4.21. The van der Waals surface area contributed by atoms with Crippen LogP contribution in [0.1, 0.15) is 30.7 Å². The van der Waals surface area contributed by atoms with Gasteiger partial charge in [-0.05, 0) is 54.7 Å². The van der Waals surface area contributed by atoms with E-state index in [9.17, 15) is 4.79 Å². The average Bonchev–Trinajstić information content (AvgIpc) is 2.92. The van der Waals surface area contributed by atoms with Crippen LogP contribution in [0.2, 0.25) is 10.0 Å². The Morgan fingerprint density at radius 3 is 2.56 bits per heavy atom. The third kappa shape index (κ3) is 1.83. The molecule has 2 fully saturated rings. The maximum absolute atomic E-state index is 11.7. The van der Waals surface area contributed by atoms with Gasteiger partial charge in [-0.3, -0.25) is 4.79 Å².